The third kappa shape index (κ3) is 4.63. The largest absolute Gasteiger partial charge is 0.416 e. The Morgan fingerprint density at radius 3 is 2.48 bits per heavy atom. The fourth-order valence-electron chi connectivity index (χ4n) is 2.46. The summed E-state index contributed by atoms with van der Waals surface area (Å²) in [4.78, 5) is 24.0. The zero-order valence-corrected chi connectivity index (χ0v) is 15.6. The van der Waals surface area contributed by atoms with Crippen molar-refractivity contribution in [1.82, 2.24) is 16.0 Å². The van der Waals surface area contributed by atoms with Crippen LogP contribution in [-0.2, 0) is 6.18 Å². The average Bonchev–Trinajstić information content (AvgIpc) is 3.36. The Kier molecular flexibility index (Phi) is 5.71. The molecule has 152 valence electrons. The number of carbonyl (C=O) groups is 2. The summed E-state index contributed by atoms with van der Waals surface area (Å²) in [7, 11) is 0. The van der Waals surface area contributed by atoms with Gasteiger partial charge in [-0.2, -0.15) is 13.2 Å². The molecule has 0 aliphatic rings. The third-order valence-electron chi connectivity index (χ3n) is 3.95. The van der Waals surface area contributed by atoms with Gasteiger partial charge in [-0.05, 0) is 31.2 Å². The third-order valence-corrected chi connectivity index (χ3v) is 5.03. The molecule has 2 heterocycles. The molecule has 1 aromatic carbocycles. The Labute approximate surface area is 166 Å². The van der Waals surface area contributed by atoms with Crippen LogP contribution in [0.5, 0.6) is 0 Å². The molecule has 0 aliphatic heterocycles. The van der Waals surface area contributed by atoms with Gasteiger partial charge in [0.2, 0.25) is 0 Å². The van der Waals surface area contributed by atoms with Gasteiger partial charge in [0, 0.05) is 11.6 Å². The van der Waals surface area contributed by atoms with Gasteiger partial charge in [-0.3, -0.25) is 14.8 Å². The molecule has 11 heteroatoms. The van der Waals surface area contributed by atoms with Gasteiger partial charge in [0.25, 0.3) is 11.8 Å². The molecule has 0 saturated heterocycles. The Hall–Kier alpha value is -3.18. The van der Waals surface area contributed by atoms with Gasteiger partial charge in [0.15, 0.2) is 5.76 Å². The fraction of sp³-hybridized carbons (Fsp3) is 0.167. The van der Waals surface area contributed by atoms with E-state index in [1.807, 2.05) is 0 Å². The van der Waals surface area contributed by atoms with Gasteiger partial charge in [-0.15, -0.1) is 11.3 Å². The van der Waals surface area contributed by atoms with Crippen LogP contribution < -0.4 is 10.8 Å². The summed E-state index contributed by atoms with van der Waals surface area (Å²) in [5.41, 5.74) is 1.19. The Bertz CT molecular complexity index is 1040. The molecule has 0 radical (unpaired) electrons. The lowest BCUT2D eigenvalue weighted by Crippen LogP contribution is -2.26. The molecule has 1 atom stereocenters. The van der Waals surface area contributed by atoms with Gasteiger partial charge in [-0.1, -0.05) is 17.3 Å². The van der Waals surface area contributed by atoms with Crippen LogP contribution in [0.3, 0.4) is 0 Å². The van der Waals surface area contributed by atoms with E-state index in [2.05, 4.69) is 10.5 Å². The first kappa shape index (κ1) is 20.6. The Balaban J connectivity index is 1.72. The monoisotopic (exact) mass is 425 g/mol. The molecule has 3 N–H and O–H groups in total. The van der Waals surface area contributed by atoms with E-state index in [0.29, 0.717) is 5.69 Å². The maximum absolute atomic E-state index is 12.9. The van der Waals surface area contributed by atoms with Crippen LogP contribution in [0.2, 0.25) is 0 Å². The number of carbonyl (C=O) groups excluding carboxylic acids is 2. The summed E-state index contributed by atoms with van der Waals surface area (Å²) in [6.45, 7) is 1.63. The van der Waals surface area contributed by atoms with Crippen LogP contribution in [0.25, 0.3) is 11.3 Å². The molecule has 0 saturated carbocycles. The van der Waals surface area contributed by atoms with E-state index in [1.54, 1.807) is 6.92 Å². The molecule has 1 unspecified atom stereocenters. The van der Waals surface area contributed by atoms with Gasteiger partial charge >= 0.3 is 6.18 Å². The lowest BCUT2D eigenvalue weighted by Gasteiger charge is -2.09. The number of halogens is 3. The number of rotatable bonds is 5. The summed E-state index contributed by atoms with van der Waals surface area (Å²) in [6.07, 6.45) is -4.48. The molecule has 0 aliphatic carbocycles. The normalized spacial score (nSPS) is 12.4. The van der Waals surface area contributed by atoms with Crippen LogP contribution in [0.1, 0.15) is 43.6 Å². The minimum atomic E-state index is -4.48. The van der Waals surface area contributed by atoms with E-state index in [4.69, 9.17) is 9.73 Å². The number of benzene rings is 1. The summed E-state index contributed by atoms with van der Waals surface area (Å²) in [5, 5.41) is 15.1. The van der Waals surface area contributed by atoms with Crippen LogP contribution in [0.4, 0.5) is 13.2 Å². The van der Waals surface area contributed by atoms with Crippen molar-refractivity contribution in [1.29, 1.82) is 0 Å². The summed E-state index contributed by atoms with van der Waals surface area (Å²) < 4.78 is 43.7. The fourth-order valence-corrected chi connectivity index (χ4v) is 3.26. The highest BCUT2D eigenvalue weighted by molar-refractivity contribution is 7.15. The van der Waals surface area contributed by atoms with E-state index in [-0.39, 0.29) is 21.1 Å². The molecule has 0 fully saturated rings. The Morgan fingerprint density at radius 1 is 1.14 bits per heavy atom. The number of alkyl halides is 3. The predicted octanol–water partition coefficient (Wildman–Crippen LogP) is 4.03. The maximum Gasteiger partial charge on any atom is 0.416 e. The highest BCUT2D eigenvalue weighted by atomic mass is 32.1. The number of amides is 2. The maximum atomic E-state index is 12.9. The lowest BCUT2D eigenvalue weighted by molar-refractivity contribution is -0.137. The minimum absolute atomic E-state index is 0.130. The molecular formula is C18H14F3N3O4S. The van der Waals surface area contributed by atoms with Crippen molar-refractivity contribution in [3.8, 4) is 11.3 Å². The zero-order chi connectivity index (χ0) is 21.2. The van der Waals surface area contributed by atoms with Crippen LogP contribution in [0.15, 0.2) is 47.0 Å². The highest BCUT2D eigenvalue weighted by Crippen LogP contribution is 2.32. The van der Waals surface area contributed by atoms with Crippen molar-refractivity contribution in [2.45, 2.75) is 19.1 Å². The van der Waals surface area contributed by atoms with Crippen molar-refractivity contribution < 1.29 is 32.5 Å². The van der Waals surface area contributed by atoms with E-state index in [0.717, 1.165) is 23.5 Å². The summed E-state index contributed by atoms with van der Waals surface area (Å²) >= 11 is 0.882. The van der Waals surface area contributed by atoms with Crippen LogP contribution in [0, 0.1) is 0 Å². The second-order valence-electron chi connectivity index (χ2n) is 5.99. The Morgan fingerprint density at radius 2 is 1.83 bits per heavy atom. The molecule has 2 aromatic heterocycles. The summed E-state index contributed by atoms with van der Waals surface area (Å²) in [5.74, 6) is -1.09. The van der Waals surface area contributed by atoms with Gasteiger partial charge in [0.05, 0.1) is 21.4 Å². The van der Waals surface area contributed by atoms with Crippen LogP contribution >= 0.6 is 11.3 Å². The quantitative estimate of drug-likeness (QED) is 0.423. The second-order valence-corrected chi connectivity index (χ2v) is 7.08. The smallest absolute Gasteiger partial charge is 0.356 e. The van der Waals surface area contributed by atoms with Crippen molar-refractivity contribution in [3.63, 3.8) is 0 Å². The predicted molar refractivity (Wildman–Crippen MR) is 96.4 cm³/mol. The molecule has 0 spiro atoms. The molecule has 3 rings (SSSR count). The molecule has 3 aromatic rings. The van der Waals surface area contributed by atoms with E-state index in [9.17, 15) is 22.8 Å². The van der Waals surface area contributed by atoms with Crippen molar-refractivity contribution >= 4 is 23.2 Å². The van der Waals surface area contributed by atoms with Crippen molar-refractivity contribution in [2.75, 3.05) is 0 Å². The second kappa shape index (κ2) is 8.05. The standard InChI is InChI=1S/C18H14F3N3O4S/c1-9(22-16(25)14-5-6-15(29-14)17(26)23-27)12-8-13(28-24-12)10-3-2-4-11(7-10)18(19,20)21/h2-9,27H,1H3,(H,22,25)(H,23,26). The van der Waals surface area contributed by atoms with Crippen molar-refractivity contribution in [3.05, 3.63) is 63.5 Å². The highest BCUT2D eigenvalue weighted by Gasteiger charge is 2.30. The number of hydroxylamine groups is 1. The van der Waals surface area contributed by atoms with E-state index < -0.39 is 29.6 Å². The van der Waals surface area contributed by atoms with Gasteiger partial charge in [0.1, 0.15) is 5.69 Å². The first-order valence-corrected chi connectivity index (χ1v) is 9.00. The molecular weight excluding hydrogens is 411 g/mol. The lowest BCUT2D eigenvalue weighted by atomic mass is 10.1. The first-order valence-electron chi connectivity index (χ1n) is 8.18. The first-order chi connectivity index (χ1) is 13.7. The average molecular weight is 425 g/mol. The van der Waals surface area contributed by atoms with Gasteiger partial charge in [-0.25, -0.2) is 5.48 Å². The minimum Gasteiger partial charge on any atom is -0.356 e. The molecule has 0 bridgehead atoms. The number of aromatic nitrogens is 1. The number of hydrogen-bond donors (Lipinski definition) is 3. The number of nitrogens with zero attached hydrogens (tertiary/aromatic N) is 1. The summed E-state index contributed by atoms with van der Waals surface area (Å²) in [6, 6.07) is 8.28. The molecule has 2 amide bonds. The topological polar surface area (TPSA) is 104 Å². The van der Waals surface area contributed by atoms with E-state index >= 15 is 0 Å². The number of nitrogens with one attached hydrogen (secondary N) is 2. The van der Waals surface area contributed by atoms with Crippen LogP contribution in [-0.4, -0.2) is 22.2 Å². The molecule has 7 nitrogen and oxygen atoms in total. The number of hydrogen-bond acceptors (Lipinski definition) is 6. The number of thiophene rings is 1. The van der Waals surface area contributed by atoms with Gasteiger partial charge < -0.3 is 9.84 Å². The zero-order valence-electron chi connectivity index (χ0n) is 14.8. The van der Waals surface area contributed by atoms with E-state index in [1.165, 1.54) is 35.8 Å². The SMILES string of the molecule is CC(NC(=O)c1ccc(C(=O)NO)s1)c1cc(-c2cccc(C(F)(F)F)c2)on1. The molecule has 29 heavy (non-hydrogen) atoms. The van der Waals surface area contributed by atoms with Crippen molar-refractivity contribution in [2.24, 2.45) is 0 Å².